The van der Waals surface area contributed by atoms with Crippen LogP contribution in [0.15, 0.2) is 10.6 Å². The summed E-state index contributed by atoms with van der Waals surface area (Å²) in [4.78, 5) is 12.6. The van der Waals surface area contributed by atoms with Gasteiger partial charge in [-0.15, -0.1) is 0 Å². The number of nitrogens with two attached hydrogens (primary N) is 1. The van der Waals surface area contributed by atoms with Crippen molar-refractivity contribution in [3.05, 3.63) is 17.5 Å². The maximum absolute atomic E-state index is 13.2. The molecule has 1 amide bonds. The summed E-state index contributed by atoms with van der Waals surface area (Å²) in [6, 6.07) is 1.68. The summed E-state index contributed by atoms with van der Waals surface area (Å²) in [5.41, 5.74) is 6.25. The third-order valence-electron chi connectivity index (χ3n) is 6.83. The minimum Gasteiger partial charge on any atom is -0.360 e. The highest BCUT2D eigenvalue weighted by Gasteiger charge is 2.49. The lowest BCUT2D eigenvalue weighted by Gasteiger charge is -2.41. The van der Waals surface area contributed by atoms with E-state index in [4.69, 9.17) is 10.3 Å². The molecule has 160 valence electrons. The fourth-order valence-electron chi connectivity index (χ4n) is 5.08. The van der Waals surface area contributed by atoms with Crippen LogP contribution in [-0.2, 0) is 10.2 Å². The molecule has 1 saturated carbocycles. The molecule has 1 aromatic rings. The molecular weight excluding hydrogens is 394 g/mol. The van der Waals surface area contributed by atoms with Crippen LogP contribution in [0.1, 0.15) is 73.5 Å². The zero-order chi connectivity index (χ0) is 20.2. The molecule has 29 heavy (non-hydrogen) atoms. The number of hydrogen-bond donors (Lipinski definition) is 2. The van der Waals surface area contributed by atoms with Gasteiger partial charge in [-0.3, -0.25) is 4.79 Å². The van der Waals surface area contributed by atoms with Gasteiger partial charge in [-0.25, -0.2) is 0 Å². The van der Waals surface area contributed by atoms with Crippen molar-refractivity contribution in [2.75, 3.05) is 13.1 Å². The monoisotopic (exact) mass is 423 g/mol. The number of nitrogens with zero attached hydrogens (tertiary/aromatic N) is 3. The van der Waals surface area contributed by atoms with Gasteiger partial charge >= 0.3 is 0 Å². The van der Waals surface area contributed by atoms with Crippen LogP contribution < -0.4 is 11.1 Å². The second-order valence-electron chi connectivity index (χ2n) is 8.99. The Morgan fingerprint density at radius 2 is 1.76 bits per heavy atom. The Labute approximate surface area is 171 Å². The fourth-order valence-corrected chi connectivity index (χ4v) is 7.16. The van der Waals surface area contributed by atoms with E-state index in [1.165, 1.54) is 0 Å². The second-order valence-corrected chi connectivity index (χ2v) is 10.8. The molecule has 2 bridgehead atoms. The van der Waals surface area contributed by atoms with E-state index in [9.17, 15) is 13.2 Å². The average molecular weight is 424 g/mol. The Bertz CT molecular complexity index is 861. The van der Waals surface area contributed by atoms with E-state index < -0.39 is 10.2 Å². The van der Waals surface area contributed by atoms with Crippen molar-refractivity contribution in [1.82, 2.24) is 19.1 Å². The lowest BCUT2D eigenvalue weighted by Crippen LogP contribution is -2.57. The molecule has 0 aromatic carbocycles. The number of fused-ring (bicyclic) bond motifs is 2. The zero-order valence-electron chi connectivity index (χ0n) is 16.5. The summed E-state index contributed by atoms with van der Waals surface area (Å²) < 4.78 is 35.1. The summed E-state index contributed by atoms with van der Waals surface area (Å²) in [6.45, 7) is 0.990. The molecule has 2 atom stereocenters. The van der Waals surface area contributed by atoms with Crippen molar-refractivity contribution < 1.29 is 17.7 Å². The first kappa shape index (κ1) is 19.5. The largest absolute Gasteiger partial charge is 0.360 e. The minimum absolute atomic E-state index is 0.0395. The average Bonchev–Trinajstić information content (AvgIpc) is 3.34. The number of nitrogens with one attached hydrogen (secondary N) is 1. The quantitative estimate of drug-likeness (QED) is 0.727. The number of aromatic nitrogens is 1. The molecular formula is C19H29N5O4S. The van der Waals surface area contributed by atoms with E-state index in [0.717, 1.165) is 31.4 Å². The molecule has 4 aliphatic rings. The van der Waals surface area contributed by atoms with Gasteiger partial charge in [0.1, 0.15) is 5.76 Å². The first-order chi connectivity index (χ1) is 13.9. The van der Waals surface area contributed by atoms with Crippen molar-refractivity contribution in [2.24, 2.45) is 5.73 Å². The molecule has 1 aromatic heterocycles. The number of rotatable bonds is 5. The van der Waals surface area contributed by atoms with Crippen molar-refractivity contribution in [3.8, 4) is 0 Å². The van der Waals surface area contributed by atoms with Crippen LogP contribution in [-0.4, -0.2) is 65.3 Å². The number of piperidine rings is 2. The standard InChI is InChI=1S/C19H29N5O4S/c20-13-5-7-23(8-6-13)29(26,27)24-15-3-4-16(24)10-14(9-15)21-19(25)17-11-18(28-22-17)12-1-2-12/h11-16H,1-10,20H2,(H,21,25). The van der Waals surface area contributed by atoms with Gasteiger partial charge in [-0.05, 0) is 51.4 Å². The van der Waals surface area contributed by atoms with Gasteiger partial charge in [0, 0.05) is 49.2 Å². The summed E-state index contributed by atoms with van der Waals surface area (Å²) >= 11 is 0. The summed E-state index contributed by atoms with van der Waals surface area (Å²) in [6.07, 6.45) is 6.58. The Hall–Kier alpha value is -1.49. The van der Waals surface area contributed by atoms with E-state index >= 15 is 0 Å². The van der Waals surface area contributed by atoms with Gasteiger partial charge in [0.25, 0.3) is 16.1 Å². The van der Waals surface area contributed by atoms with Crippen LogP contribution in [0.4, 0.5) is 0 Å². The van der Waals surface area contributed by atoms with E-state index in [1.807, 2.05) is 0 Å². The van der Waals surface area contributed by atoms with Crippen molar-refractivity contribution in [3.63, 3.8) is 0 Å². The van der Waals surface area contributed by atoms with Crippen LogP contribution in [0.5, 0.6) is 0 Å². The Balaban J connectivity index is 1.23. The third kappa shape index (κ3) is 3.71. The van der Waals surface area contributed by atoms with Crippen molar-refractivity contribution in [2.45, 2.75) is 81.5 Å². The molecule has 1 aliphatic carbocycles. The molecule has 5 rings (SSSR count). The number of hydrogen-bond acceptors (Lipinski definition) is 6. The smallest absolute Gasteiger partial charge is 0.282 e. The highest BCUT2D eigenvalue weighted by molar-refractivity contribution is 7.86. The molecule has 0 spiro atoms. The summed E-state index contributed by atoms with van der Waals surface area (Å²) in [5, 5.41) is 6.96. The highest BCUT2D eigenvalue weighted by Crippen LogP contribution is 2.41. The first-order valence-electron chi connectivity index (χ1n) is 10.7. The molecule has 10 heteroatoms. The molecule has 4 fully saturated rings. The molecule has 3 aliphatic heterocycles. The predicted octanol–water partition coefficient (Wildman–Crippen LogP) is 0.945. The number of amides is 1. The van der Waals surface area contributed by atoms with Crippen LogP contribution in [0.25, 0.3) is 0 Å². The van der Waals surface area contributed by atoms with Crippen molar-refractivity contribution >= 4 is 16.1 Å². The summed E-state index contributed by atoms with van der Waals surface area (Å²) in [7, 11) is -3.48. The SMILES string of the molecule is NC1CCN(S(=O)(=O)N2C3CCC2CC(NC(=O)c2cc(C4CC4)on2)C3)CC1. The lowest BCUT2D eigenvalue weighted by atomic mass is 9.99. The second kappa shape index (κ2) is 7.33. The van der Waals surface area contributed by atoms with Gasteiger partial charge in [-0.1, -0.05) is 5.16 Å². The minimum atomic E-state index is -3.48. The Morgan fingerprint density at radius 1 is 1.10 bits per heavy atom. The van der Waals surface area contributed by atoms with Gasteiger partial charge in [0.2, 0.25) is 0 Å². The maximum atomic E-state index is 13.2. The van der Waals surface area contributed by atoms with Crippen LogP contribution in [0.3, 0.4) is 0 Å². The van der Waals surface area contributed by atoms with E-state index in [0.29, 0.717) is 50.4 Å². The van der Waals surface area contributed by atoms with Gasteiger partial charge in [-0.2, -0.15) is 17.0 Å². The van der Waals surface area contributed by atoms with E-state index in [2.05, 4.69) is 10.5 Å². The highest BCUT2D eigenvalue weighted by atomic mass is 32.2. The Morgan fingerprint density at radius 3 is 2.38 bits per heavy atom. The zero-order valence-corrected chi connectivity index (χ0v) is 17.3. The van der Waals surface area contributed by atoms with Gasteiger partial charge in [0.15, 0.2) is 5.69 Å². The summed E-state index contributed by atoms with van der Waals surface area (Å²) in [5.74, 6) is 0.974. The van der Waals surface area contributed by atoms with Gasteiger partial charge in [0.05, 0.1) is 0 Å². The lowest BCUT2D eigenvalue weighted by molar-refractivity contribution is 0.0897. The van der Waals surface area contributed by atoms with E-state index in [-0.39, 0.29) is 30.1 Å². The maximum Gasteiger partial charge on any atom is 0.282 e. The molecule has 2 unspecified atom stereocenters. The van der Waals surface area contributed by atoms with Gasteiger partial charge < -0.3 is 15.6 Å². The molecule has 9 nitrogen and oxygen atoms in total. The normalized spacial score (nSPS) is 31.8. The third-order valence-corrected chi connectivity index (χ3v) is 8.98. The number of carbonyl (C=O) groups is 1. The van der Waals surface area contributed by atoms with Crippen LogP contribution >= 0.6 is 0 Å². The molecule has 4 heterocycles. The van der Waals surface area contributed by atoms with Crippen LogP contribution in [0, 0.1) is 0 Å². The van der Waals surface area contributed by atoms with Crippen molar-refractivity contribution in [1.29, 1.82) is 0 Å². The molecule has 3 saturated heterocycles. The van der Waals surface area contributed by atoms with Crippen LogP contribution in [0.2, 0.25) is 0 Å². The predicted molar refractivity (Wildman–Crippen MR) is 105 cm³/mol. The first-order valence-corrected chi connectivity index (χ1v) is 12.1. The Kier molecular flexibility index (Phi) is 4.92. The molecule has 3 N–H and O–H groups in total. The fraction of sp³-hybridized carbons (Fsp3) is 0.789. The topological polar surface area (TPSA) is 122 Å². The number of carbonyl (C=O) groups excluding carboxylic acids is 1. The van der Waals surface area contributed by atoms with E-state index in [1.54, 1.807) is 14.7 Å². The molecule has 0 radical (unpaired) electrons.